The number of aromatic nitrogens is 1. The minimum Gasteiger partial charge on any atom is -0.310 e. The van der Waals surface area contributed by atoms with Crippen LogP contribution in [0.15, 0.2) is 18.3 Å². The van der Waals surface area contributed by atoms with E-state index >= 15 is 0 Å². The molecule has 25 heavy (non-hydrogen) atoms. The van der Waals surface area contributed by atoms with Crippen LogP contribution in [0.5, 0.6) is 0 Å². The zero-order valence-electron chi connectivity index (χ0n) is 13.6. The van der Waals surface area contributed by atoms with E-state index < -0.39 is 21.8 Å². The van der Waals surface area contributed by atoms with Crippen LogP contribution in [0, 0.1) is 5.92 Å². The Bertz CT molecular complexity index is 697. The van der Waals surface area contributed by atoms with Crippen LogP contribution in [0.3, 0.4) is 0 Å². The Kier molecular flexibility index (Phi) is 6.04. The number of hydrogen-bond donors (Lipinski definition) is 2. The van der Waals surface area contributed by atoms with Gasteiger partial charge in [0.1, 0.15) is 5.82 Å². The topological polar surface area (TPSA) is 88.2 Å². The first-order chi connectivity index (χ1) is 11.6. The van der Waals surface area contributed by atoms with E-state index in [9.17, 15) is 26.4 Å². The summed E-state index contributed by atoms with van der Waals surface area (Å²) in [6.07, 6.45) is -1.71. The quantitative estimate of drug-likeness (QED) is 0.823. The van der Waals surface area contributed by atoms with E-state index in [1.165, 1.54) is 0 Å². The maximum atomic E-state index is 12.5. The number of alkyl halides is 3. The fraction of sp³-hybridized carbons (Fsp3) is 0.600. The van der Waals surface area contributed by atoms with Crippen LogP contribution in [0.25, 0.3) is 0 Å². The maximum absolute atomic E-state index is 12.5. The summed E-state index contributed by atoms with van der Waals surface area (Å²) in [5.74, 6) is -0.560. The highest BCUT2D eigenvalue weighted by Gasteiger charge is 2.31. The molecule has 0 aliphatic heterocycles. The number of rotatable bonds is 5. The summed E-state index contributed by atoms with van der Waals surface area (Å²) in [5.41, 5.74) is -0.880. The molecule has 1 aliphatic carbocycles. The Morgan fingerprint density at radius 2 is 1.88 bits per heavy atom. The molecule has 1 fully saturated rings. The third-order valence-corrected chi connectivity index (χ3v) is 5.62. The summed E-state index contributed by atoms with van der Waals surface area (Å²) in [6.45, 7) is 1.55. The third-order valence-electron chi connectivity index (χ3n) is 4.17. The molecule has 0 spiro atoms. The SMILES string of the molecule is CCS(=O)(=O)N[C@H]1CC[C@H](C(=O)Nc2ccc(C(F)(F)F)cn2)CC1. The lowest BCUT2D eigenvalue weighted by molar-refractivity contribution is -0.137. The Morgan fingerprint density at radius 3 is 2.36 bits per heavy atom. The number of nitrogens with one attached hydrogen (secondary N) is 2. The lowest BCUT2D eigenvalue weighted by Crippen LogP contribution is -2.40. The normalized spacial score (nSPS) is 21.8. The van der Waals surface area contributed by atoms with Gasteiger partial charge in [0.25, 0.3) is 0 Å². The second kappa shape index (κ2) is 7.69. The standard InChI is InChI=1S/C15H20F3N3O3S/c1-2-25(23,24)21-12-6-3-10(4-7-12)14(22)20-13-8-5-11(9-19-13)15(16,17)18/h5,8-10,12,21H,2-4,6-7H2,1H3,(H,19,20,22)/t10-,12-. The molecule has 140 valence electrons. The molecule has 0 radical (unpaired) electrons. The zero-order valence-corrected chi connectivity index (χ0v) is 14.5. The van der Waals surface area contributed by atoms with Gasteiger partial charge in [-0.2, -0.15) is 13.2 Å². The molecular weight excluding hydrogens is 359 g/mol. The monoisotopic (exact) mass is 379 g/mol. The second-order valence-corrected chi connectivity index (χ2v) is 8.03. The van der Waals surface area contributed by atoms with Crippen molar-refractivity contribution >= 4 is 21.7 Å². The summed E-state index contributed by atoms with van der Waals surface area (Å²) < 4.78 is 63.1. The number of sulfonamides is 1. The summed E-state index contributed by atoms with van der Waals surface area (Å²) >= 11 is 0. The molecule has 1 aromatic rings. The van der Waals surface area contributed by atoms with Crippen molar-refractivity contribution in [1.82, 2.24) is 9.71 Å². The van der Waals surface area contributed by atoms with Crippen molar-refractivity contribution in [3.8, 4) is 0 Å². The van der Waals surface area contributed by atoms with Gasteiger partial charge in [0.2, 0.25) is 15.9 Å². The fourth-order valence-electron chi connectivity index (χ4n) is 2.67. The Hall–Kier alpha value is -1.68. The first-order valence-electron chi connectivity index (χ1n) is 7.95. The van der Waals surface area contributed by atoms with E-state index in [1.807, 2.05) is 0 Å². The van der Waals surface area contributed by atoms with Crippen LogP contribution in [-0.2, 0) is 21.0 Å². The predicted octanol–water partition coefficient (Wildman–Crippen LogP) is 2.54. The van der Waals surface area contributed by atoms with Crippen LogP contribution in [0.4, 0.5) is 19.0 Å². The first-order valence-corrected chi connectivity index (χ1v) is 9.60. The van der Waals surface area contributed by atoms with Gasteiger partial charge < -0.3 is 5.32 Å². The number of carbonyl (C=O) groups excluding carboxylic acids is 1. The van der Waals surface area contributed by atoms with Gasteiger partial charge in [-0.25, -0.2) is 18.1 Å². The molecule has 1 heterocycles. The first kappa shape index (κ1) is 19.6. The van der Waals surface area contributed by atoms with Crippen molar-refractivity contribution in [2.24, 2.45) is 5.92 Å². The number of hydrogen-bond acceptors (Lipinski definition) is 4. The smallest absolute Gasteiger partial charge is 0.310 e. The average molecular weight is 379 g/mol. The van der Waals surface area contributed by atoms with E-state index in [2.05, 4.69) is 15.0 Å². The summed E-state index contributed by atoms with van der Waals surface area (Å²) in [7, 11) is -3.27. The minimum atomic E-state index is -4.47. The number of amides is 1. The van der Waals surface area contributed by atoms with Crippen molar-refractivity contribution in [2.45, 2.75) is 44.8 Å². The van der Waals surface area contributed by atoms with Crippen LogP contribution >= 0.6 is 0 Å². The molecule has 1 aromatic heterocycles. The van der Waals surface area contributed by atoms with Crippen molar-refractivity contribution in [1.29, 1.82) is 0 Å². The molecular formula is C15H20F3N3O3S. The van der Waals surface area contributed by atoms with E-state index in [-0.39, 0.29) is 29.4 Å². The van der Waals surface area contributed by atoms with Crippen LogP contribution in [0.1, 0.15) is 38.2 Å². The Balaban J connectivity index is 1.86. The van der Waals surface area contributed by atoms with Crippen molar-refractivity contribution in [3.63, 3.8) is 0 Å². The largest absolute Gasteiger partial charge is 0.417 e. The van der Waals surface area contributed by atoms with Gasteiger partial charge in [0, 0.05) is 18.2 Å². The zero-order chi connectivity index (χ0) is 18.7. The van der Waals surface area contributed by atoms with E-state index in [0.29, 0.717) is 31.9 Å². The number of nitrogens with zero attached hydrogens (tertiary/aromatic N) is 1. The van der Waals surface area contributed by atoms with Crippen LogP contribution < -0.4 is 10.0 Å². The number of anilines is 1. The van der Waals surface area contributed by atoms with Crippen LogP contribution in [0.2, 0.25) is 0 Å². The predicted molar refractivity (Wildman–Crippen MR) is 86.2 cm³/mol. The van der Waals surface area contributed by atoms with Crippen molar-refractivity contribution in [2.75, 3.05) is 11.1 Å². The number of carbonyl (C=O) groups is 1. The fourth-order valence-corrected chi connectivity index (χ4v) is 3.58. The Morgan fingerprint density at radius 1 is 1.24 bits per heavy atom. The van der Waals surface area contributed by atoms with Gasteiger partial charge in [-0.3, -0.25) is 4.79 Å². The molecule has 0 saturated heterocycles. The molecule has 1 saturated carbocycles. The number of halogens is 3. The van der Waals surface area contributed by atoms with Gasteiger partial charge in [0.15, 0.2) is 0 Å². The molecule has 0 unspecified atom stereocenters. The molecule has 1 aliphatic rings. The minimum absolute atomic E-state index is 0.00695. The Labute approximate surface area is 144 Å². The van der Waals surface area contributed by atoms with E-state index in [1.54, 1.807) is 6.92 Å². The molecule has 10 heteroatoms. The molecule has 1 amide bonds. The van der Waals surface area contributed by atoms with Gasteiger partial charge in [-0.15, -0.1) is 0 Å². The van der Waals surface area contributed by atoms with Gasteiger partial charge in [-0.1, -0.05) is 0 Å². The summed E-state index contributed by atoms with van der Waals surface area (Å²) in [4.78, 5) is 15.8. The maximum Gasteiger partial charge on any atom is 0.417 e. The molecule has 2 N–H and O–H groups in total. The van der Waals surface area contributed by atoms with Crippen molar-refractivity contribution in [3.05, 3.63) is 23.9 Å². The summed E-state index contributed by atoms with van der Waals surface area (Å²) in [5, 5.41) is 2.51. The highest BCUT2D eigenvalue weighted by Crippen LogP contribution is 2.29. The second-order valence-electron chi connectivity index (χ2n) is 5.99. The molecule has 0 bridgehead atoms. The lowest BCUT2D eigenvalue weighted by atomic mass is 9.86. The summed E-state index contributed by atoms with van der Waals surface area (Å²) in [6, 6.07) is 1.79. The molecule has 6 nitrogen and oxygen atoms in total. The average Bonchev–Trinajstić information content (AvgIpc) is 2.55. The highest BCUT2D eigenvalue weighted by atomic mass is 32.2. The van der Waals surface area contributed by atoms with Crippen molar-refractivity contribution < 1.29 is 26.4 Å². The molecule has 0 atom stereocenters. The van der Waals surface area contributed by atoms with Gasteiger partial charge in [-0.05, 0) is 44.7 Å². The third kappa shape index (κ3) is 5.67. The van der Waals surface area contributed by atoms with Crippen LogP contribution in [-0.4, -0.2) is 31.1 Å². The van der Waals surface area contributed by atoms with Gasteiger partial charge >= 0.3 is 6.18 Å². The molecule has 0 aromatic carbocycles. The van der Waals surface area contributed by atoms with Gasteiger partial charge in [0.05, 0.1) is 11.3 Å². The van der Waals surface area contributed by atoms with E-state index in [4.69, 9.17) is 0 Å². The van der Waals surface area contributed by atoms with E-state index in [0.717, 1.165) is 12.1 Å². The lowest BCUT2D eigenvalue weighted by Gasteiger charge is -2.28. The highest BCUT2D eigenvalue weighted by molar-refractivity contribution is 7.89. The molecule has 2 rings (SSSR count). The number of pyridine rings is 1.